The maximum Gasteiger partial charge on any atom is 2.00 e. The quantitative estimate of drug-likeness (QED) is 0.308. The molecular weight excluding hydrogens is 361 g/mol. The van der Waals surface area contributed by atoms with Gasteiger partial charge < -0.3 is 26.2 Å². The molecule has 1 aliphatic rings. The smallest absolute Gasteiger partial charge is 0.772 e. The molecule has 0 aromatic carbocycles. The summed E-state index contributed by atoms with van der Waals surface area (Å²) in [4.78, 5) is 16.7. The fourth-order valence-electron chi connectivity index (χ4n) is 0.372. The van der Waals surface area contributed by atoms with E-state index < -0.39 is 57.4 Å². The Morgan fingerprint density at radius 2 is 0.867 bits per heavy atom. The van der Waals surface area contributed by atoms with Crippen LogP contribution in [0.1, 0.15) is 0 Å². The van der Waals surface area contributed by atoms with Gasteiger partial charge in [0.25, 0.3) is 40.0 Å². The van der Waals surface area contributed by atoms with Gasteiger partial charge in [0.15, 0.2) is 0 Å². The van der Waals surface area contributed by atoms with Crippen LogP contribution in [0.15, 0.2) is 0 Å². The van der Waals surface area contributed by atoms with Gasteiger partial charge in [0.05, 0.1) is 17.4 Å². The third kappa shape index (κ3) is 31.3. The summed E-state index contributed by atoms with van der Waals surface area (Å²) in [6.07, 6.45) is 0. The average molecular weight is 369 g/mol. The van der Waals surface area contributed by atoms with Crippen LogP contribution in [0.25, 0.3) is 0 Å². The number of hydrogen-bond donors (Lipinski definition) is 0. The van der Waals surface area contributed by atoms with E-state index in [0.29, 0.717) is 0 Å². The Bertz CT molecular complexity index is 97.2. The van der Waals surface area contributed by atoms with Crippen LogP contribution in [-0.2, 0) is 42.1 Å². The monoisotopic (exact) mass is 368 g/mol. The molecule has 1 heterocycles. The molecule has 1 fully saturated rings. The van der Waals surface area contributed by atoms with Gasteiger partial charge in [-0.15, -0.1) is 0 Å². The Kier molecular flexibility index (Phi) is 35.3. The molecule has 0 aliphatic carbocycles. The van der Waals surface area contributed by atoms with Crippen LogP contribution < -0.4 is 9.79 Å². The molecule has 0 unspecified atom stereocenters. The molecule has 0 bridgehead atoms. The van der Waals surface area contributed by atoms with Crippen molar-refractivity contribution < 1.29 is 51.9 Å². The summed E-state index contributed by atoms with van der Waals surface area (Å²) in [6, 6.07) is 0. The summed E-state index contributed by atoms with van der Waals surface area (Å²) in [5.41, 5.74) is 0. The molecule has 0 atom stereocenters. The summed E-state index contributed by atoms with van der Waals surface area (Å²) in [5.74, 6) is 0. The summed E-state index contributed by atoms with van der Waals surface area (Å²) < 4.78 is 37.1. The largest absolute Gasteiger partial charge is 2.00 e. The first-order valence-corrected chi connectivity index (χ1v) is 9.12. The summed E-state index contributed by atoms with van der Waals surface area (Å²) in [7, 11) is -4.78. The second kappa shape index (κ2) is 24.5. The Morgan fingerprint density at radius 3 is 1.00 bits per heavy atom. The molecule has 15 heteroatoms. The second-order valence-corrected chi connectivity index (χ2v) is 9.21. The van der Waals surface area contributed by atoms with Crippen LogP contribution in [0.4, 0.5) is 0 Å². The molecule has 0 saturated carbocycles. The molecule has 1 aliphatic heterocycles. The number of hydrogen-bond acceptors (Lipinski definition) is 8. The predicted octanol–water partition coefficient (Wildman–Crippen LogP) is -4.83. The van der Waals surface area contributed by atoms with E-state index in [1.54, 1.807) is 0 Å². The van der Waals surface area contributed by atoms with Crippen molar-refractivity contribution >= 4 is 57.4 Å². The second-order valence-electron chi connectivity index (χ2n) is 1.44. The van der Waals surface area contributed by atoms with Crippen molar-refractivity contribution in [3.05, 3.63) is 0 Å². The van der Waals surface area contributed by atoms with Crippen LogP contribution in [0.2, 0.25) is 0 Å². The van der Waals surface area contributed by atoms with Crippen molar-refractivity contribution in [1.82, 2.24) is 0 Å². The van der Waals surface area contributed by atoms with Crippen LogP contribution >= 0.6 is 17.4 Å². The molecule has 0 N–H and O–H groups in total. The Morgan fingerprint density at radius 1 is 0.733 bits per heavy atom. The van der Waals surface area contributed by atoms with Gasteiger partial charge in [-0.2, -0.15) is 0 Å². The van der Waals surface area contributed by atoms with Gasteiger partial charge in [-0.05, 0) is 0 Å². The van der Waals surface area contributed by atoms with E-state index >= 15 is 0 Å². The van der Waals surface area contributed by atoms with Crippen molar-refractivity contribution in [2.45, 2.75) is 0 Å². The van der Waals surface area contributed by atoms with E-state index in [0.717, 1.165) is 0 Å². The van der Waals surface area contributed by atoms with Crippen LogP contribution in [0.5, 0.6) is 0 Å². The van der Waals surface area contributed by atoms with Crippen LogP contribution in [0.3, 0.4) is 0 Å². The van der Waals surface area contributed by atoms with Crippen LogP contribution in [0, 0.1) is 0 Å². The van der Waals surface area contributed by atoms with E-state index in [2.05, 4.69) is 0 Å². The molecule has 0 radical (unpaired) electrons. The van der Waals surface area contributed by atoms with Crippen molar-refractivity contribution in [1.29, 1.82) is 0 Å². The average Bonchev–Trinajstić information content (AvgIpc) is 2.04. The molecule has 0 amide bonds. The minimum atomic E-state index is -1.08. The Labute approximate surface area is 109 Å². The molecule has 1 rings (SSSR count). The van der Waals surface area contributed by atoms with E-state index in [4.69, 9.17) is 35.4 Å². The third-order valence-electron chi connectivity index (χ3n) is 0.667. The first kappa shape index (κ1) is 21.6. The zero-order chi connectivity index (χ0) is 11.1. The van der Waals surface area contributed by atoms with Gasteiger partial charge in [0, 0.05) is 0 Å². The first-order valence-electron chi connectivity index (χ1n) is 3.04. The third-order valence-corrected chi connectivity index (χ3v) is 6.00. The minimum Gasteiger partial charge on any atom is -0.772 e. The van der Waals surface area contributed by atoms with Gasteiger partial charge in [0.1, 0.15) is 0 Å². The van der Waals surface area contributed by atoms with Gasteiger partial charge in [-0.3, -0.25) is 9.13 Å². The predicted molar refractivity (Wildman–Crippen MR) is 53.7 cm³/mol. The number of rotatable bonds is 0. The van der Waals surface area contributed by atoms with Crippen molar-refractivity contribution in [2.75, 3.05) is 0 Å². The SMILES string of the molecule is O1[SiH2]O[SiH2]O[SiH2]O[SiH2]1.O=P[O-].O=P[O-].[Ni+2]. The maximum absolute atomic E-state index is 8.35. The van der Waals surface area contributed by atoms with E-state index in [-0.39, 0.29) is 16.5 Å². The molecule has 1 saturated heterocycles. The minimum absolute atomic E-state index is 0. The van der Waals surface area contributed by atoms with Gasteiger partial charge in [-0.25, -0.2) is 0 Å². The van der Waals surface area contributed by atoms with E-state index in [1.165, 1.54) is 0 Å². The van der Waals surface area contributed by atoms with Crippen molar-refractivity contribution in [3.8, 4) is 0 Å². The van der Waals surface area contributed by atoms with E-state index in [1.807, 2.05) is 0 Å². The van der Waals surface area contributed by atoms with Crippen LogP contribution in [-0.4, -0.2) is 40.0 Å². The molecule has 0 spiro atoms. The standard InChI is InChI=1S/Ni.H8O4Si4.2HO2P/c;1-5-2-7-4-8-3-6-1;2*1-3-2/h;5-8H2;2*(H,1,2)/q+2;;;/p-2. The summed E-state index contributed by atoms with van der Waals surface area (Å²) >= 11 is 0. The van der Waals surface area contributed by atoms with Gasteiger partial charge in [0.2, 0.25) is 0 Å². The Balaban J connectivity index is -0.000000177. The molecule has 15 heavy (non-hydrogen) atoms. The summed E-state index contributed by atoms with van der Waals surface area (Å²) in [5, 5.41) is 0. The maximum atomic E-state index is 8.35. The zero-order valence-electron chi connectivity index (χ0n) is 7.31. The molecule has 0 aromatic heterocycles. The molecule has 8 nitrogen and oxygen atoms in total. The van der Waals surface area contributed by atoms with Crippen molar-refractivity contribution in [2.24, 2.45) is 0 Å². The summed E-state index contributed by atoms with van der Waals surface area (Å²) in [6.45, 7) is 0. The van der Waals surface area contributed by atoms with Gasteiger partial charge in [-0.1, -0.05) is 0 Å². The Hall–Kier alpha value is 1.32. The molecule has 92 valence electrons. The fourth-order valence-corrected chi connectivity index (χ4v) is 7.59. The van der Waals surface area contributed by atoms with Gasteiger partial charge >= 0.3 is 16.5 Å². The van der Waals surface area contributed by atoms with Crippen molar-refractivity contribution in [3.63, 3.8) is 0 Å². The topological polar surface area (TPSA) is 117 Å². The fraction of sp³-hybridized carbons (Fsp3) is 0. The zero-order valence-corrected chi connectivity index (χ0v) is 15.7. The van der Waals surface area contributed by atoms with E-state index in [9.17, 15) is 0 Å². The first-order chi connectivity index (χ1) is 6.83. The normalized spacial score (nSPS) is 22.0. The molecular formula is H8NiO8P2Si4. The molecule has 0 aromatic rings.